The maximum Gasteiger partial charge on any atom is 0.270 e. The summed E-state index contributed by atoms with van der Waals surface area (Å²) >= 11 is 6.23. The maximum atomic E-state index is 11.2. The van der Waals surface area contributed by atoms with Gasteiger partial charge in [0.1, 0.15) is 18.1 Å². The topological polar surface area (TPSA) is 70.8 Å². The summed E-state index contributed by atoms with van der Waals surface area (Å²) in [6, 6.07) is 14.1. The highest BCUT2D eigenvalue weighted by Gasteiger charge is 2.21. The molecule has 0 atom stereocenters. The van der Waals surface area contributed by atoms with E-state index in [2.05, 4.69) is 0 Å². The molecule has 3 aromatic rings. The van der Waals surface area contributed by atoms with Crippen molar-refractivity contribution in [1.29, 1.82) is 0 Å². The van der Waals surface area contributed by atoms with Crippen LogP contribution in [0.5, 0.6) is 11.5 Å². The molecule has 1 aliphatic heterocycles. The number of rotatable bonds is 4. The molecule has 0 amide bonds. The van der Waals surface area contributed by atoms with Gasteiger partial charge in [0.15, 0.2) is 6.79 Å². The van der Waals surface area contributed by atoms with Crippen LogP contribution >= 0.6 is 11.6 Å². The van der Waals surface area contributed by atoms with E-state index >= 15 is 0 Å². The zero-order valence-corrected chi connectivity index (χ0v) is 14.4. The van der Waals surface area contributed by atoms with Crippen molar-refractivity contribution in [3.05, 3.63) is 74.8 Å². The molecule has 0 fully saturated rings. The number of nitrogens with zero attached hydrogens (tertiary/aromatic N) is 1. The molecule has 4 rings (SSSR count). The normalized spacial score (nSPS) is 13.1. The minimum absolute atomic E-state index is 0.0163. The number of nitro groups is 1. The first-order chi connectivity index (χ1) is 12.6. The summed E-state index contributed by atoms with van der Waals surface area (Å²) in [6.07, 6.45) is 0. The van der Waals surface area contributed by atoms with E-state index in [0.29, 0.717) is 27.6 Å². The highest BCUT2D eigenvalue weighted by Crippen LogP contribution is 2.35. The second kappa shape index (κ2) is 6.82. The molecular formula is C19H14ClNO5. The molecule has 6 nitrogen and oxygen atoms in total. The van der Waals surface area contributed by atoms with Crippen LogP contribution in [-0.4, -0.2) is 11.7 Å². The molecule has 1 aliphatic rings. The van der Waals surface area contributed by atoms with Gasteiger partial charge in [0.25, 0.3) is 5.69 Å². The molecule has 1 heterocycles. The first kappa shape index (κ1) is 16.6. The molecule has 0 saturated heterocycles. The van der Waals surface area contributed by atoms with Crippen molar-refractivity contribution in [2.24, 2.45) is 0 Å². The molecule has 0 radical (unpaired) electrons. The summed E-state index contributed by atoms with van der Waals surface area (Å²) < 4.78 is 16.7. The van der Waals surface area contributed by atoms with E-state index in [9.17, 15) is 10.1 Å². The number of nitro benzene ring substituents is 1. The highest BCUT2D eigenvalue weighted by molar-refractivity contribution is 6.35. The van der Waals surface area contributed by atoms with Crippen molar-refractivity contribution in [3.8, 4) is 11.5 Å². The van der Waals surface area contributed by atoms with Crippen LogP contribution in [0.1, 0.15) is 11.1 Å². The van der Waals surface area contributed by atoms with Gasteiger partial charge in [-0.2, -0.15) is 0 Å². The molecule has 0 bridgehead atoms. The number of fused-ring (bicyclic) bond motifs is 2. The van der Waals surface area contributed by atoms with E-state index in [-0.39, 0.29) is 25.7 Å². The molecule has 0 spiro atoms. The SMILES string of the molecule is O=[N+]([O-])c1cc2c(c(COc3ccc(Cl)c4ccccc34)c1)OCOC2. The third kappa shape index (κ3) is 3.05. The first-order valence-electron chi connectivity index (χ1n) is 7.94. The highest BCUT2D eigenvalue weighted by atomic mass is 35.5. The Balaban J connectivity index is 1.69. The predicted octanol–water partition coefficient (Wildman–Crippen LogP) is 4.85. The minimum atomic E-state index is -0.434. The van der Waals surface area contributed by atoms with Gasteiger partial charge in [0, 0.05) is 39.1 Å². The van der Waals surface area contributed by atoms with Crippen LogP contribution in [0.3, 0.4) is 0 Å². The summed E-state index contributed by atoms with van der Waals surface area (Å²) in [4.78, 5) is 10.8. The summed E-state index contributed by atoms with van der Waals surface area (Å²) in [5.41, 5.74) is 1.24. The second-order valence-electron chi connectivity index (χ2n) is 5.84. The Labute approximate surface area is 154 Å². The predicted molar refractivity (Wildman–Crippen MR) is 96.7 cm³/mol. The monoisotopic (exact) mass is 371 g/mol. The summed E-state index contributed by atoms with van der Waals surface area (Å²) in [5, 5.41) is 13.6. The molecule has 132 valence electrons. The molecule has 0 aromatic heterocycles. The van der Waals surface area contributed by atoms with Crippen LogP contribution in [0.25, 0.3) is 10.8 Å². The smallest absolute Gasteiger partial charge is 0.270 e. The molecule has 0 aliphatic carbocycles. The maximum absolute atomic E-state index is 11.2. The largest absolute Gasteiger partial charge is 0.488 e. The van der Waals surface area contributed by atoms with Crippen LogP contribution in [0.15, 0.2) is 48.5 Å². The molecule has 0 unspecified atom stereocenters. The van der Waals surface area contributed by atoms with Gasteiger partial charge in [-0.25, -0.2) is 0 Å². The van der Waals surface area contributed by atoms with Gasteiger partial charge in [-0.1, -0.05) is 35.9 Å². The third-order valence-corrected chi connectivity index (χ3v) is 4.53. The van der Waals surface area contributed by atoms with Crippen molar-refractivity contribution < 1.29 is 19.1 Å². The summed E-state index contributed by atoms with van der Waals surface area (Å²) in [5.74, 6) is 1.23. The van der Waals surface area contributed by atoms with Gasteiger partial charge in [-0.05, 0) is 12.1 Å². The molecular weight excluding hydrogens is 358 g/mol. The van der Waals surface area contributed by atoms with Crippen molar-refractivity contribution in [2.45, 2.75) is 13.2 Å². The van der Waals surface area contributed by atoms with E-state index in [4.69, 9.17) is 25.8 Å². The standard InChI is InChI=1S/C19H14ClNO5/c20-17-5-6-18(16-4-2-1-3-15(16)17)25-10-13-8-14(21(22)23)7-12-9-24-11-26-19(12)13/h1-8H,9-11H2. The Hall–Kier alpha value is -2.83. The Morgan fingerprint density at radius 3 is 2.77 bits per heavy atom. The Bertz CT molecular complexity index is 1000. The number of hydrogen-bond acceptors (Lipinski definition) is 5. The number of ether oxygens (including phenoxy) is 3. The lowest BCUT2D eigenvalue weighted by Gasteiger charge is -2.21. The van der Waals surface area contributed by atoms with Gasteiger partial charge in [-0.3, -0.25) is 10.1 Å². The van der Waals surface area contributed by atoms with Crippen LogP contribution in [0.2, 0.25) is 5.02 Å². The molecule has 0 N–H and O–H groups in total. The average Bonchev–Trinajstić information content (AvgIpc) is 2.67. The van der Waals surface area contributed by atoms with E-state index in [1.54, 1.807) is 12.1 Å². The molecule has 3 aromatic carbocycles. The summed E-state index contributed by atoms with van der Waals surface area (Å²) in [6.45, 7) is 0.519. The van der Waals surface area contributed by atoms with Crippen LogP contribution in [-0.2, 0) is 18.0 Å². The quantitative estimate of drug-likeness (QED) is 0.484. The fraction of sp³-hybridized carbons (Fsp3) is 0.158. The lowest BCUT2D eigenvalue weighted by Crippen LogP contribution is -2.14. The zero-order chi connectivity index (χ0) is 18.1. The van der Waals surface area contributed by atoms with E-state index in [1.807, 2.05) is 24.3 Å². The van der Waals surface area contributed by atoms with Crippen molar-refractivity contribution in [3.63, 3.8) is 0 Å². The molecule has 7 heteroatoms. The van der Waals surface area contributed by atoms with Crippen molar-refractivity contribution in [1.82, 2.24) is 0 Å². The molecule has 0 saturated carbocycles. The van der Waals surface area contributed by atoms with Gasteiger partial charge >= 0.3 is 0 Å². The van der Waals surface area contributed by atoms with E-state index < -0.39 is 4.92 Å². The van der Waals surface area contributed by atoms with Gasteiger partial charge in [0.05, 0.1) is 11.5 Å². The average molecular weight is 372 g/mol. The Morgan fingerprint density at radius 2 is 1.96 bits per heavy atom. The van der Waals surface area contributed by atoms with Gasteiger partial charge < -0.3 is 14.2 Å². The third-order valence-electron chi connectivity index (χ3n) is 4.20. The van der Waals surface area contributed by atoms with E-state index in [0.717, 1.165) is 10.8 Å². The molecule has 26 heavy (non-hydrogen) atoms. The fourth-order valence-electron chi connectivity index (χ4n) is 3.01. The number of halogens is 1. The fourth-order valence-corrected chi connectivity index (χ4v) is 3.24. The van der Waals surface area contributed by atoms with Crippen molar-refractivity contribution >= 4 is 28.1 Å². The minimum Gasteiger partial charge on any atom is -0.488 e. The Morgan fingerprint density at radius 1 is 1.15 bits per heavy atom. The van der Waals surface area contributed by atoms with Gasteiger partial charge in [0.2, 0.25) is 0 Å². The van der Waals surface area contributed by atoms with Crippen LogP contribution < -0.4 is 9.47 Å². The second-order valence-corrected chi connectivity index (χ2v) is 6.25. The van der Waals surface area contributed by atoms with Gasteiger partial charge in [-0.15, -0.1) is 0 Å². The summed E-state index contributed by atoms with van der Waals surface area (Å²) in [7, 11) is 0. The lowest BCUT2D eigenvalue weighted by molar-refractivity contribution is -0.385. The lowest BCUT2D eigenvalue weighted by atomic mass is 10.1. The number of non-ortho nitro benzene ring substituents is 1. The first-order valence-corrected chi connectivity index (χ1v) is 8.32. The number of hydrogen-bond donors (Lipinski definition) is 0. The van der Waals surface area contributed by atoms with Crippen molar-refractivity contribution in [2.75, 3.05) is 6.79 Å². The van der Waals surface area contributed by atoms with Crippen LogP contribution in [0, 0.1) is 10.1 Å². The van der Waals surface area contributed by atoms with Crippen LogP contribution in [0.4, 0.5) is 5.69 Å². The Kier molecular flexibility index (Phi) is 4.36. The number of benzene rings is 3. The van der Waals surface area contributed by atoms with E-state index in [1.165, 1.54) is 12.1 Å². The zero-order valence-electron chi connectivity index (χ0n) is 13.6.